The third-order valence-corrected chi connectivity index (χ3v) is 4.36. The molecule has 2 aromatic carbocycles. The number of hydrogen-bond acceptors (Lipinski definition) is 6. The van der Waals surface area contributed by atoms with E-state index in [-0.39, 0.29) is 24.8 Å². The highest BCUT2D eigenvalue weighted by Crippen LogP contribution is 2.18. The zero-order valence-electron chi connectivity index (χ0n) is 15.6. The highest BCUT2D eigenvalue weighted by Gasteiger charge is 2.16. The van der Waals surface area contributed by atoms with E-state index in [0.29, 0.717) is 23.9 Å². The Kier molecular flexibility index (Phi) is 8.10. The maximum atomic E-state index is 12.6. The normalized spacial score (nSPS) is 11.1. The Bertz CT molecular complexity index is 886. The minimum Gasteiger partial charge on any atom is -0.484 e. The van der Waals surface area contributed by atoms with Gasteiger partial charge in [0, 0.05) is 25.2 Å². The van der Waals surface area contributed by atoms with E-state index >= 15 is 0 Å². The summed E-state index contributed by atoms with van der Waals surface area (Å²) in [4.78, 5) is 14.2. The predicted octanol–water partition coefficient (Wildman–Crippen LogP) is 2.73. The number of hydrogen-bond donors (Lipinski definition) is 0. The topological polar surface area (TPSA) is 82.1 Å². The Morgan fingerprint density at radius 1 is 1.11 bits per heavy atom. The molecule has 28 heavy (non-hydrogen) atoms. The van der Waals surface area contributed by atoms with Crippen LogP contribution in [0.25, 0.3) is 0 Å². The molecule has 1 amide bonds. The van der Waals surface area contributed by atoms with Crippen molar-refractivity contribution in [2.24, 2.45) is 0 Å². The smallest absolute Gasteiger partial charge is 0.306 e. The molecule has 0 fully saturated rings. The highest BCUT2D eigenvalue weighted by atomic mass is 35.5. The van der Waals surface area contributed by atoms with Crippen molar-refractivity contribution in [2.75, 3.05) is 33.1 Å². The van der Waals surface area contributed by atoms with Gasteiger partial charge in [-0.2, -0.15) is 8.42 Å². The van der Waals surface area contributed by atoms with Gasteiger partial charge in [-0.25, -0.2) is 0 Å². The molecule has 0 saturated heterocycles. The second-order valence-electron chi connectivity index (χ2n) is 5.99. The molecule has 2 rings (SSSR count). The Morgan fingerprint density at radius 2 is 1.82 bits per heavy atom. The van der Waals surface area contributed by atoms with E-state index in [2.05, 4.69) is 0 Å². The van der Waals surface area contributed by atoms with E-state index in [9.17, 15) is 13.2 Å². The summed E-state index contributed by atoms with van der Waals surface area (Å²) >= 11 is 5.83. The van der Waals surface area contributed by atoms with Crippen LogP contribution in [0.1, 0.15) is 5.56 Å². The molecule has 0 radical (unpaired) electrons. The van der Waals surface area contributed by atoms with E-state index in [1.165, 1.54) is 6.07 Å². The lowest BCUT2D eigenvalue weighted by atomic mass is 10.2. The monoisotopic (exact) mass is 427 g/mol. The lowest BCUT2D eigenvalue weighted by Crippen LogP contribution is -2.36. The van der Waals surface area contributed by atoms with Gasteiger partial charge in [-0.15, -0.1) is 0 Å². The summed E-state index contributed by atoms with van der Waals surface area (Å²) in [6, 6.07) is 13.3. The van der Waals surface area contributed by atoms with Gasteiger partial charge >= 0.3 is 10.1 Å². The first-order chi connectivity index (χ1) is 13.3. The average Bonchev–Trinajstić information content (AvgIpc) is 2.63. The van der Waals surface area contributed by atoms with Crippen molar-refractivity contribution in [3.63, 3.8) is 0 Å². The fourth-order valence-electron chi connectivity index (χ4n) is 2.35. The van der Waals surface area contributed by atoms with Crippen LogP contribution in [0.15, 0.2) is 48.5 Å². The maximum Gasteiger partial charge on any atom is 0.306 e. The zero-order valence-corrected chi connectivity index (χ0v) is 17.2. The molecule has 0 bridgehead atoms. The molecule has 0 N–H and O–H groups in total. The van der Waals surface area contributed by atoms with E-state index < -0.39 is 10.1 Å². The fourth-order valence-corrected chi connectivity index (χ4v) is 2.93. The molecule has 0 saturated carbocycles. The lowest BCUT2D eigenvalue weighted by Gasteiger charge is -2.23. The van der Waals surface area contributed by atoms with E-state index in [1.54, 1.807) is 54.5 Å². The van der Waals surface area contributed by atoms with Crippen LogP contribution in [-0.2, 0) is 26.2 Å². The van der Waals surface area contributed by atoms with Crippen LogP contribution < -0.4 is 8.92 Å². The van der Waals surface area contributed by atoms with E-state index in [0.717, 1.165) is 11.8 Å². The van der Waals surface area contributed by atoms with Crippen molar-refractivity contribution in [2.45, 2.75) is 6.54 Å². The van der Waals surface area contributed by atoms with E-state index in [1.807, 2.05) is 0 Å². The number of carbonyl (C=O) groups excluding carboxylic acids is 1. The van der Waals surface area contributed by atoms with Crippen molar-refractivity contribution in [1.29, 1.82) is 0 Å². The molecule has 7 nitrogen and oxygen atoms in total. The van der Waals surface area contributed by atoms with Gasteiger partial charge in [0.1, 0.15) is 11.5 Å². The van der Waals surface area contributed by atoms with Crippen LogP contribution in [0.2, 0.25) is 5.02 Å². The summed E-state index contributed by atoms with van der Waals surface area (Å²) in [7, 11) is -2.08. The standard InChI is InChI=1S/C19H22ClNO6S/c1-25-11-10-21(19(22)14-26-17-8-6-16(20)7-9-17)13-15-4-3-5-18(12-15)27-28(2,23)24/h3-9,12H,10-11,13-14H2,1-2H3. The number of nitrogens with zero attached hydrogens (tertiary/aromatic N) is 1. The van der Waals surface area contributed by atoms with Crippen molar-refractivity contribution < 1.29 is 26.9 Å². The molecule has 2 aromatic rings. The summed E-state index contributed by atoms with van der Waals surface area (Å²) in [6.07, 6.45) is 0.974. The molecule has 9 heteroatoms. The Morgan fingerprint density at radius 3 is 2.46 bits per heavy atom. The summed E-state index contributed by atoms with van der Waals surface area (Å²) < 4.78 is 38.1. The summed E-state index contributed by atoms with van der Waals surface area (Å²) in [5.41, 5.74) is 0.720. The lowest BCUT2D eigenvalue weighted by molar-refractivity contribution is -0.134. The summed E-state index contributed by atoms with van der Waals surface area (Å²) in [5.74, 6) is 0.492. The number of methoxy groups -OCH3 is 1. The Balaban J connectivity index is 2.04. The molecular formula is C19H22ClNO6S. The third kappa shape index (κ3) is 7.75. The number of amides is 1. The fraction of sp³-hybridized carbons (Fsp3) is 0.316. The molecule has 0 spiro atoms. The minimum absolute atomic E-state index is 0.148. The van der Waals surface area contributed by atoms with Crippen LogP contribution in [0.3, 0.4) is 0 Å². The van der Waals surface area contributed by atoms with Gasteiger partial charge in [-0.1, -0.05) is 23.7 Å². The molecular weight excluding hydrogens is 406 g/mol. The van der Waals surface area contributed by atoms with Gasteiger partial charge in [-0.05, 0) is 42.0 Å². The van der Waals surface area contributed by atoms with Crippen molar-refractivity contribution in [3.05, 3.63) is 59.1 Å². The molecule has 0 aliphatic rings. The first kappa shape index (κ1) is 22.0. The SMILES string of the molecule is COCCN(Cc1cccc(OS(C)(=O)=O)c1)C(=O)COc1ccc(Cl)cc1. The highest BCUT2D eigenvalue weighted by molar-refractivity contribution is 7.86. The van der Waals surface area contributed by atoms with Gasteiger partial charge in [-0.3, -0.25) is 4.79 Å². The molecule has 0 atom stereocenters. The summed E-state index contributed by atoms with van der Waals surface area (Å²) in [6.45, 7) is 0.820. The molecule has 0 aromatic heterocycles. The number of benzene rings is 2. The number of halogens is 1. The molecule has 0 heterocycles. The third-order valence-electron chi connectivity index (χ3n) is 3.61. The minimum atomic E-state index is -3.63. The average molecular weight is 428 g/mol. The van der Waals surface area contributed by atoms with E-state index in [4.69, 9.17) is 25.3 Å². The van der Waals surface area contributed by atoms with Crippen molar-refractivity contribution in [1.82, 2.24) is 4.90 Å². The molecule has 0 aliphatic heterocycles. The van der Waals surface area contributed by atoms with Crippen molar-refractivity contribution in [3.8, 4) is 11.5 Å². The van der Waals surface area contributed by atoms with Gasteiger partial charge in [0.15, 0.2) is 6.61 Å². The Labute approximate surface area is 169 Å². The second kappa shape index (κ2) is 10.3. The van der Waals surface area contributed by atoms with Gasteiger partial charge < -0.3 is 18.6 Å². The van der Waals surface area contributed by atoms with Crippen LogP contribution in [0.5, 0.6) is 11.5 Å². The second-order valence-corrected chi connectivity index (χ2v) is 8.00. The quantitative estimate of drug-likeness (QED) is 0.542. The van der Waals surface area contributed by atoms with Gasteiger partial charge in [0.2, 0.25) is 0 Å². The van der Waals surface area contributed by atoms with Gasteiger partial charge in [0.05, 0.1) is 12.9 Å². The van der Waals surface area contributed by atoms with Crippen LogP contribution >= 0.6 is 11.6 Å². The molecule has 152 valence electrons. The number of rotatable bonds is 10. The Hall–Kier alpha value is -2.29. The first-order valence-corrected chi connectivity index (χ1v) is 10.6. The zero-order chi connectivity index (χ0) is 20.6. The largest absolute Gasteiger partial charge is 0.484 e. The number of ether oxygens (including phenoxy) is 2. The first-order valence-electron chi connectivity index (χ1n) is 8.40. The molecule has 0 unspecified atom stereocenters. The number of carbonyl (C=O) groups is 1. The van der Waals surface area contributed by atoms with Crippen LogP contribution in [-0.4, -0.2) is 52.3 Å². The summed E-state index contributed by atoms with van der Waals surface area (Å²) in [5, 5.41) is 0.580. The van der Waals surface area contributed by atoms with Gasteiger partial charge in [0.25, 0.3) is 5.91 Å². The predicted molar refractivity (Wildman–Crippen MR) is 106 cm³/mol. The molecule has 0 aliphatic carbocycles. The van der Waals surface area contributed by atoms with Crippen LogP contribution in [0, 0.1) is 0 Å². The maximum absolute atomic E-state index is 12.6. The van der Waals surface area contributed by atoms with Crippen LogP contribution in [0.4, 0.5) is 0 Å². The van der Waals surface area contributed by atoms with Crippen molar-refractivity contribution >= 4 is 27.6 Å².